The number of nitriles is 2. The number of halogens is 17. The molecule has 2 heterocycles. The summed E-state index contributed by atoms with van der Waals surface area (Å²) in [4.78, 5) is 1.21. The van der Waals surface area contributed by atoms with Gasteiger partial charge in [-0.2, -0.15) is 73.2 Å². The van der Waals surface area contributed by atoms with E-state index in [1.54, 1.807) is 0 Å². The van der Waals surface area contributed by atoms with Crippen LogP contribution in [0.3, 0.4) is 0 Å². The Morgan fingerprint density at radius 1 is 0.479 bits per heavy atom. The highest BCUT2D eigenvalue weighted by molar-refractivity contribution is 9.09. The topological polar surface area (TPSA) is 275 Å². The van der Waals surface area contributed by atoms with Gasteiger partial charge in [-0.3, -0.25) is 0 Å². The number of aromatic nitrogens is 8. The van der Waals surface area contributed by atoms with Gasteiger partial charge in [0.2, 0.25) is 11.6 Å². The first-order valence-corrected chi connectivity index (χ1v) is 27.9. The van der Waals surface area contributed by atoms with Gasteiger partial charge in [-0.15, -0.1) is 20.4 Å². The Labute approximate surface area is 545 Å². The number of aliphatic hydroxyl groups is 2. The molecule has 0 bridgehead atoms. The van der Waals surface area contributed by atoms with Crippen LogP contribution in [0.15, 0.2) is 170 Å². The summed E-state index contributed by atoms with van der Waals surface area (Å²) >= 11 is 3.00. The number of aliphatic hydroxyl groups excluding tert-OH is 2. The number of benzene rings is 8. The zero-order valence-electron chi connectivity index (χ0n) is 49.1. The van der Waals surface area contributed by atoms with E-state index in [0.717, 1.165) is 54.6 Å². The average Bonchev–Trinajstić information content (AvgIpc) is 1.52. The molecule has 0 aliphatic heterocycles. The second-order valence-electron chi connectivity index (χ2n) is 19.2. The van der Waals surface area contributed by atoms with Crippen LogP contribution >= 0.6 is 15.9 Å². The number of aromatic amines is 1. The molecular formula is C63H51BBrF16N11O4. The number of nitrogens with one attached hydrogen (secondary N) is 1. The number of hydrogen-bond donors (Lipinski definition) is 4. The van der Waals surface area contributed by atoms with Crippen LogP contribution in [0.1, 0.15) is 66.8 Å². The Kier molecular flexibility index (Phi) is 31.0. The minimum Gasteiger partial charge on any atom is -0.412 e. The van der Waals surface area contributed by atoms with Crippen LogP contribution in [0, 0.1) is 45.9 Å². The number of anilines is 1. The van der Waals surface area contributed by atoms with Gasteiger partial charge in [0, 0.05) is 16.5 Å². The number of alkyl halides is 13. The van der Waals surface area contributed by atoms with Crippen molar-refractivity contribution in [1.82, 2.24) is 40.8 Å². The molecule has 2 radical (unpaired) electrons. The van der Waals surface area contributed by atoms with Crippen molar-refractivity contribution in [2.24, 2.45) is 0 Å². The molecule has 0 unspecified atom stereocenters. The fourth-order valence-electron chi connectivity index (χ4n) is 7.88. The molecule has 0 amide bonds. The molecule has 10 rings (SSSR count). The van der Waals surface area contributed by atoms with Crippen molar-refractivity contribution in [1.29, 1.82) is 10.5 Å². The first kappa shape index (κ1) is 80.2. The Balaban J connectivity index is 0.000000318. The van der Waals surface area contributed by atoms with E-state index in [1.165, 1.54) is 120 Å². The lowest BCUT2D eigenvalue weighted by atomic mass is 9.95. The maximum absolute atomic E-state index is 13.7. The van der Waals surface area contributed by atoms with Gasteiger partial charge in [0.05, 0.1) is 64.9 Å². The lowest BCUT2D eigenvalue weighted by molar-refractivity contribution is -0.138. The first-order valence-electron chi connectivity index (χ1n) is 26.8. The summed E-state index contributed by atoms with van der Waals surface area (Å²) in [7, 11) is 5.20. The molecule has 96 heavy (non-hydrogen) atoms. The number of hydrogen-bond acceptors (Lipinski definition) is 11. The Morgan fingerprint density at radius 2 is 0.833 bits per heavy atom. The number of tetrazole rings is 2. The Morgan fingerprint density at radius 3 is 1.19 bits per heavy atom. The zero-order valence-corrected chi connectivity index (χ0v) is 50.7. The molecule has 8 aromatic carbocycles. The summed E-state index contributed by atoms with van der Waals surface area (Å²) in [5, 5.41) is 59.9. The van der Waals surface area contributed by atoms with Crippen LogP contribution in [-0.2, 0) is 50.5 Å². The molecule has 0 spiro atoms. The van der Waals surface area contributed by atoms with Crippen molar-refractivity contribution in [2.45, 2.75) is 50.5 Å². The molecule has 0 aliphatic rings. The summed E-state index contributed by atoms with van der Waals surface area (Å²) < 4.78 is 201. The fourth-order valence-corrected chi connectivity index (χ4v) is 7.88. The minimum atomic E-state index is -4.41. The highest BCUT2D eigenvalue weighted by Crippen LogP contribution is 2.34. The largest absolute Gasteiger partial charge is 0.416 e. The van der Waals surface area contributed by atoms with Crippen molar-refractivity contribution < 1.29 is 91.4 Å². The number of nitrogens with zero attached hydrogens (tertiary/aromatic N) is 9. The molecule has 15 nitrogen and oxygen atoms in total. The van der Waals surface area contributed by atoms with E-state index in [0.29, 0.717) is 72.3 Å². The third-order valence-electron chi connectivity index (χ3n) is 12.4. The third kappa shape index (κ3) is 25.7. The quantitative estimate of drug-likeness (QED) is 0.0409. The van der Waals surface area contributed by atoms with E-state index >= 15 is 0 Å². The van der Waals surface area contributed by atoms with Crippen molar-refractivity contribution in [3.05, 3.63) is 260 Å². The van der Waals surface area contributed by atoms with E-state index in [9.17, 15) is 70.2 Å². The van der Waals surface area contributed by atoms with Gasteiger partial charge in [-0.05, 0) is 172 Å². The van der Waals surface area contributed by atoms with E-state index in [-0.39, 0.29) is 61.5 Å². The summed E-state index contributed by atoms with van der Waals surface area (Å²) in [5.41, 5.74) is 7.95. The van der Waals surface area contributed by atoms with Crippen molar-refractivity contribution in [2.75, 3.05) is 24.3 Å². The van der Waals surface area contributed by atoms with Crippen LogP contribution in [0.25, 0.3) is 22.8 Å². The Bertz CT molecular complexity index is 4090. The standard InChI is InChI=1S/C17H14F4N4O.C15H10F4N4.C15H9F4N.C7H4BF3.C7H5FN2.C2H5BrO.2H2O/c18-14-5-6-15(16-22-24-25(23-16)7-8-26)12(10-14)9-11-1-3-13(4-2-11)17(19,20)21;16-12-5-6-13(14-20-22-23-21-14)10(8-12)7-9-1-3-11(4-2-9)15(17,18)19;16-14-6-3-11(9-20)12(8-14)7-10-1-4-13(5-2-10)15(17,18)19;8-6-3-1-5(2-4-6)7(9,10)11;8-6-2-1-5(4-9)7(10)3-6;3-1-2-4;;/h1-6,10,26H,7-9H2;1-6,8H,7H2,(H,20,21,22,23);1-6,8H,7H2;1-4H;1-3H,10H2;4H,1-2H2;2*1H2. The third-order valence-corrected chi connectivity index (χ3v) is 12.7. The molecule has 0 saturated carbocycles. The second-order valence-corrected chi connectivity index (χ2v) is 20.0. The van der Waals surface area contributed by atoms with E-state index < -0.39 is 70.2 Å². The summed E-state index contributed by atoms with van der Waals surface area (Å²) in [6, 6.07) is 37.7. The van der Waals surface area contributed by atoms with Crippen LogP contribution in [0.4, 0.5) is 75.9 Å². The molecule has 0 fully saturated rings. The molecule has 2 aromatic heterocycles. The molecule has 10 aromatic rings. The van der Waals surface area contributed by atoms with Gasteiger partial charge in [0.25, 0.3) is 0 Å². The normalized spacial score (nSPS) is 10.8. The monoisotopic (exact) mass is 1420 g/mol. The lowest BCUT2D eigenvalue weighted by Gasteiger charge is -2.10. The van der Waals surface area contributed by atoms with Gasteiger partial charge in [0.15, 0.2) is 0 Å². The minimum absolute atomic E-state index is 0. The average molecular weight is 1420 g/mol. The van der Waals surface area contributed by atoms with Crippen molar-refractivity contribution >= 4 is 34.9 Å². The van der Waals surface area contributed by atoms with Gasteiger partial charge < -0.3 is 26.9 Å². The van der Waals surface area contributed by atoms with Gasteiger partial charge in [-0.25, -0.2) is 17.6 Å². The molecular weight excluding hydrogens is 1370 g/mol. The molecule has 0 aliphatic carbocycles. The van der Waals surface area contributed by atoms with Gasteiger partial charge in [-0.1, -0.05) is 82.1 Å². The number of nitrogens with two attached hydrogens (primary N) is 1. The SMILES string of the molecule is Fc1ccc(-c2nn[nH]n2)c(Cc2ccc(C(F)(F)F)cc2)c1.N#Cc1ccc(F)cc1Cc1ccc(C(F)(F)F)cc1.N#Cc1ccc(F)cc1N.O.O.OCCBr.OCCn1nnc(-c2ccc(F)cc2Cc2ccc(C(F)(F)F)cc2)n1.[B]c1ccc(C(F)(F)F)cc1. The highest BCUT2D eigenvalue weighted by Gasteiger charge is 2.32. The maximum Gasteiger partial charge on any atom is 0.416 e. The van der Waals surface area contributed by atoms with Crippen molar-refractivity contribution in [3.63, 3.8) is 0 Å². The van der Waals surface area contributed by atoms with Gasteiger partial charge in [0.1, 0.15) is 37.2 Å². The van der Waals surface area contributed by atoms with Crippen LogP contribution in [0.5, 0.6) is 0 Å². The smallest absolute Gasteiger partial charge is 0.412 e. The fraction of sp³-hybridized carbons (Fsp3) is 0.175. The Hall–Kier alpha value is -10.1. The summed E-state index contributed by atoms with van der Waals surface area (Å²) in [6.45, 7) is 0.250. The van der Waals surface area contributed by atoms with Crippen LogP contribution < -0.4 is 11.2 Å². The molecule has 9 N–H and O–H groups in total. The zero-order chi connectivity index (χ0) is 69.4. The number of rotatable bonds is 11. The molecule has 0 atom stereocenters. The number of nitrogen functional groups attached to an aromatic ring is 1. The maximum atomic E-state index is 13.7. The molecule has 0 saturated heterocycles. The summed E-state index contributed by atoms with van der Waals surface area (Å²) in [6.07, 6.45) is -16.8. The van der Waals surface area contributed by atoms with Crippen LogP contribution in [0.2, 0.25) is 0 Å². The first-order chi connectivity index (χ1) is 44.3. The van der Waals surface area contributed by atoms with Crippen LogP contribution in [-0.4, -0.2) is 88.4 Å². The van der Waals surface area contributed by atoms with E-state index in [4.69, 9.17) is 34.3 Å². The van der Waals surface area contributed by atoms with E-state index in [1.807, 2.05) is 12.1 Å². The predicted molar refractivity (Wildman–Crippen MR) is 324 cm³/mol. The summed E-state index contributed by atoms with van der Waals surface area (Å²) in [5.74, 6) is -1.27. The van der Waals surface area contributed by atoms with Gasteiger partial charge >= 0.3 is 24.7 Å². The van der Waals surface area contributed by atoms with Crippen molar-refractivity contribution in [3.8, 4) is 34.9 Å². The van der Waals surface area contributed by atoms with E-state index in [2.05, 4.69) is 52.0 Å². The second kappa shape index (κ2) is 37.1. The molecule has 504 valence electrons. The predicted octanol–water partition coefficient (Wildman–Crippen LogP) is 12.5. The number of H-pyrrole nitrogens is 1. The lowest BCUT2D eigenvalue weighted by Crippen LogP contribution is -2.08. The highest BCUT2D eigenvalue weighted by atomic mass is 79.9. The molecule has 33 heteroatoms.